The van der Waals surface area contributed by atoms with Crippen LogP contribution < -0.4 is 5.32 Å². The maximum atomic E-state index is 13.6. The van der Waals surface area contributed by atoms with E-state index < -0.39 is 5.60 Å². The highest BCUT2D eigenvalue weighted by molar-refractivity contribution is 5.33. The second-order valence-electron chi connectivity index (χ2n) is 5.49. The molecule has 2 fully saturated rings. The molecule has 0 aromatic heterocycles. The Morgan fingerprint density at radius 2 is 1.94 bits per heavy atom. The Kier molecular flexibility index (Phi) is 2.49. The van der Waals surface area contributed by atoms with Crippen LogP contribution in [0.3, 0.4) is 0 Å². The molecule has 92 valence electrons. The molecule has 2 aliphatic rings. The highest BCUT2D eigenvalue weighted by atomic mass is 19.1. The molecule has 3 rings (SSSR count). The fourth-order valence-corrected chi connectivity index (χ4v) is 3.45. The third-order valence-corrected chi connectivity index (χ3v) is 4.27. The lowest BCUT2D eigenvalue weighted by atomic mass is 9.79. The van der Waals surface area contributed by atoms with E-state index in [2.05, 4.69) is 5.32 Å². The topological polar surface area (TPSA) is 32.3 Å². The molecule has 0 saturated carbocycles. The fraction of sp³-hybridized carbons (Fsp3) is 0.571. The largest absolute Gasteiger partial charge is 0.385 e. The molecular weight excluding hydrogens is 217 g/mol. The van der Waals surface area contributed by atoms with Gasteiger partial charge in [-0.25, -0.2) is 4.39 Å². The molecule has 2 heterocycles. The van der Waals surface area contributed by atoms with E-state index in [0.717, 1.165) is 18.4 Å². The quantitative estimate of drug-likeness (QED) is 0.782. The fourth-order valence-electron chi connectivity index (χ4n) is 3.45. The number of hydrogen-bond donors (Lipinski definition) is 2. The van der Waals surface area contributed by atoms with Gasteiger partial charge in [0.15, 0.2) is 0 Å². The number of aliphatic hydroxyl groups is 1. The Morgan fingerprint density at radius 3 is 2.59 bits per heavy atom. The van der Waals surface area contributed by atoms with Gasteiger partial charge in [0.1, 0.15) is 5.82 Å². The van der Waals surface area contributed by atoms with Crippen LogP contribution >= 0.6 is 0 Å². The predicted molar refractivity (Wildman–Crippen MR) is 64.2 cm³/mol. The summed E-state index contributed by atoms with van der Waals surface area (Å²) in [7, 11) is 0. The van der Waals surface area contributed by atoms with Gasteiger partial charge in [0.25, 0.3) is 0 Å². The SMILES string of the molecule is Cc1c(F)cccc1C1(O)CC2CCC(C1)N2. The van der Waals surface area contributed by atoms with Gasteiger partial charge in [-0.1, -0.05) is 12.1 Å². The Hall–Kier alpha value is -0.930. The third kappa shape index (κ3) is 1.78. The van der Waals surface area contributed by atoms with Gasteiger partial charge in [-0.05, 0) is 49.8 Å². The summed E-state index contributed by atoms with van der Waals surface area (Å²) in [6.07, 6.45) is 3.66. The van der Waals surface area contributed by atoms with Crippen molar-refractivity contribution in [1.82, 2.24) is 5.32 Å². The number of nitrogens with one attached hydrogen (secondary N) is 1. The molecular formula is C14H18FNO. The van der Waals surface area contributed by atoms with Crippen LogP contribution in [0.4, 0.5) is 4.39 Å². The standard InChI is InChI=1S/C14H18FNO/c1-9-12(3-2-4-13(9)15)14(17)7-10-5-6-11(8-14)16-10/h2-4,10-11,16-17H,5-8H2,1H3. The van der Waals surface area contributed by atoms with Crippen molar-refractivity contribution in [3.63, 3.8) is 0 Å². The number of fused-ring (bicyclic) bond motifs is 2. The van der Waals surface area contributed by atoms with Crippen molar-refractivity contribution in [1.29, 1.82) is 0 Å². The first-order valence-electron chi connectivity index (χ1n) is 6.32. The van der Waals surface area contributed by atoms with E-state index in [0.29, 0.717) is 30.5 Å². The zero-order chi connectivity index (χ0) is 12.0. The average Bonchev–Trinajstić information content (AvgIpc) is 2.62. The van der Waals surface area contributed by atoms with Gasteiger partial charge in [0.2, 0.25) is 0 Å². The minimum atomic E-state index is -0.844. The smallest absolute Gasteiger partial charge is 0.126 e. The van der Waals surface area contributed by atoms with Crippen LogP contribution in [0.5, 0.6) is 0 Å². The van der Waals surface area contributed by atoms with Gasteiger partial charge in [0.05, 0.1) is 5.60 Å². The number of halogens is 1. The maximum Gasteiger partial charge on any atom is 0.126 e. The van der Waals surface area contributed by atoms with Crippen molar-refractivity contribution in [3.8, 4) is 0 Å². The third-order valence-electron chi connectivity index (χ3n) is 4.27. The van der Waals surface area contributed by atoms with Crippen molar-refractivity contribution in [2.75, 3.05) is 0 Å². The summed E-state index contributed by atoms with van der Waals surface area (Å²) >= 11 is 0. The van der Waals surface area contributed by atoms with Gasteiger partial charge in [-0.2, -0.15) is 0 Å². The molecule has 0 spiro atoms. The summed E-state index contributed by atoms with van der Waals surface area (Å²) in [5.41, 5.74) is 0.524. The lowest BCUT2D eigenvalue weighted by Gasteiger charge is -2.38. The van der Waals surface area contributed by atoms with Crippen LogP contribution in [0.2, 0.25) is 0 Å². The second-order valence-corrected chi connectivity index (χ2v) is 5.49. The monoisotopic (exact) mass is 235 g/mol. The molecule has 2 saturated heterocycles. The van der Waals surface area contributed by atoms with Crippen LogP contribution in [0, 0.1) is 12.7 Å². The average molecular weight is 235 g/mol. The Bertz CT molecular complexity index is 434. The minimum absolute atomic E-state index is 0.221. The summed E-state index contributed by atoms with van der Waals surface area (Å²) in [5, 5.41) is 14.3. The summed E-state index contributed by atoms with van der Waals surface area (Å²) < 4.78 is 13.6. The number of hydrogen-bond acceptors (Lipinski definition) is 2. The van der Waals surface area contributed by atoms with E-state index in [1.165, 1.54) is 6.07 Å². The molecule has 2 aliphatic heterocycles. The van der Waals surface area contributed by atoms with Crippen LogP contribution in [0.15, 0.2) is 18.2 Å². The first-order chi connectivity index (χ1) is 8.08. The highest BCUT2D eigenvalue weighted by Crippen LogP contribution is 2.41. The second kappa shape index (κ2) is 3.79. The molecule has 2 atom stereocenters. The first-order valence-corrected chi connectivity index (χ1v) is 6.32. The molecule has 2 bridgehead atoms. The highest BCUT2D eigenvalue weighted by Gasteiger charge is 2.44. The minimum Gasteiger partial charge on any atom is -0.385 e. The predicted octanol–water partition coefficient (Wildman–Crippen LogP) is 2.24. The molecule has 0 amide bonds. The zero-order valence-corrected chi connectivity index (χ0v) is 10.0. The molecule has 0 aliphatic carbocycles. The Morgan fingerprint density at radius 1 is 1.29 bits per heavy atom. The molecule has 1 aromatic rings. The maximum absolute atomic E-state index is 13.6. The van der Waals surface area contributed by atoms with Crippen molar-refractivity contribution in [3.05, 3.63) is 35.1 Å². The van der Waals surface area contributed by atoms with Crippen molar-refractivity contribution < 1.29 is 9.50 Å². The normalized spacial score (nSPS) is 36.2. The van der Waals surface area contributed by atoms with E-state index >= 15 is 0 Å². The zero-order valence-electron chi connectivity index (χ0n) is 10.0. The van der Waals surface area contributed by atoms with E-state index in [-0.39, 0.29) is 5.82 Å². The van der Waals surface area contributed by atoms with Gasteiger partial charge < -0.3 is 10.4 Å². The van der Waals surface area contributed by atoms with Gasteiger partial charge in [-0.15, -0.1) is 0 Å². The van der Waals surface area contributed by atoms with E-state index in [9.17, 15) is 9.50 Å². The lowest BCUT2D eigenvalue weighted by molar-refractivity contribution is -0.0122. The van der Waals surface area contributed by atoms with Crippen LogP contribution in [0.25, 0.3) is 0 Å². The molecule has 2 unspecified atom stereocenters. The van der Waals surface area contributed by atoms with Gasteiger partial charge >= 0.3 is 0 Å². The lowest BCUT2D eigenvalue weighted by Crippen LogP contribution is -2.47. The number of piperidine rings is 1. The Balaban J connectivity index is 2.00. The molecule has 2 N–H and O–H groups in total. The van der Waals surface area contributed by atoms with E-state index in [4.69, 9.17) is 0 Å². The van der Waals surface area contributed by atoms with Gasteiger partial charge in [0, 0.05) is 12.1 Å². The molecule has 0 radical (unpaired) electrons. The number of rotatable bonds is 1. The van der Waals surface area contributed by atoms with Crippen molar-refractivity contribution in [2.45, 2.75) is 50.3 Å². The molecule has 3 heteroatoms. The first kappa shape index (κ1) is 11.2. The molecule has 17 heavy (non-hydrogen) atoms. The number of benzene rings is 1. The van der Waals surface area contributed by atoms with Crippen molar-refractivity contribution >= 4 is 0 Å². The van der Waals surface area contributed by atoms with Crippen LogP contribution in [0.1, 0.15) is 36.8 Å². The van der Waals surface area contributed by atoms with Crippen LogP contribution in [-0.2, 0) is 5.60 Å². The van der Waals surface area contributed by atoms with Crippen molar-refractivity contribution in [2.24, 2.45) is 0 Å². The van der Waals surface area contributed by atoms with Gasteiger partial charge in [-0.3, -0.25) is 0 Å². The summed E-state index contributed by atoms with van der Waals surface area (Å²) in [4.78, 5) is 0. The molecule has 1 aromatic carbocycles. The van der Waals surface area contributed by atoms with E-state index in [1.807, 2.05) is 6.07 Å². The molecule has 2 nitrogen and oxygen atoms in total. The summed E-state index contributed by atoms with van der Waals surface area (Å²) in [6, 6.07) is 5.79. The van der Waals surface area contributed by atoms with Crippen LogP contribution in [-0.4, -0.2) is 17.2 Å². The summed E-state index contributed by atoms with van der Waals surface area (Å²) in [6.45, 7) is 1.76. The van der Waals surface area contributed by atoms with E-state index in [1.54, 1.807) is 13.0 Å². The Labute approximate surface area is 101 Å². The summed E-state index contributed by atoms with van der Waals surface area (Å²) in [5.74, 6) is -0.221.